The molecule has 4 N–H and O–H groups in total. The second-order valence-corrected chi connectivity index (χ2v) is 10.8. The zero-order valence-corrected chi connectivity index (χ0v) is 20.5. The van der Waals surface area contributed by atoms with Crippen LogP contribution >= 0.6 is 23.5 Å². The summed E-state index contributed by atoms with van der Waals surface area (Å²) in [6.45, 7) is -0.266. The van der Waals surface area contributed by atoms with Crippen molar-refractivity contribution in [3.63, 3.8) is 0 Å². The van der Waals surface area contributed by atoms with Gasteiger partial charge in [0.2, 0.25) is 17.0 Å². The summed E-state index contributed by atoms with van der Waals surface area (Å²) < 4.78 is 1.09. The number of amides is 2. The van der Waals surface area contributed by atoms with Crippen LogP contribution < -0.4 is 5.73 Å². The number of carbonyl (C=O) groups is 4. The molecule has 2 amide bonds. The molecule has 2 saturated heterocycles. The molecule has 15 heteroatoms. The van der Waals surface area contributed by atoms with E-state index in [1.165, 1.54) is 16.7 Å². The Morgan fingerprint density at radius 1 is 1.34 bits per heavy atom. The number of aromatic nitrogens is 4. The second-order valence-electron chi connectivity index (χ2n) is 8.77. The minimum absolute atomic E-state index is 0.0117. The van der Waals surface area contributed by atoms with Gasteiger partial charge in [-0.2, -0.15) is 0 Å². The SMILES string of the molecule is NCCC(=O)N(C1C=CCCC1)C1C(=O)N2CC(CSc3nnnn3CC(=O)O)(C(=O)O)CS[C@H]12. The normalized spacial score (nSPS) is 27.7. The van der Waals surface area contributed by atoms with E-state index in [1.807, 2.05) is 12.2 Å². The molecule has 0 spiro atoms. The molecule has 13 nitrogen and oxygen atoms in total. The third kappa shape index (κ3) is 5.02. The number of carboxylic acid groups (broad SMARTS) is 2. The van der Waals surface area contributed by atoms with Crippen LogP contribution in [0.15, 0.2) is 17.3 Å². The number of fused-ring (bicyclic) bond motifs is 1. The van der Waals surface area contributed by atoms with Crippen molar-refractivity contribution in [1.29, 1.82) is 0 Å². The van der Waals surface area contributed by atoms with Crippen LogP contribution in [0, 0.1) is 5.41 Å². The van der Waals surface area contributed by atoms with Gasteiger partial charge in [-0.25, -0.2) is 4.68 Å². The van der Waals surface area contributed by atoms with E-state index in [9.17, 15) is 24.3 Å². The van der Waals surface area contributed by atoms with Crippen LogP contribution in [0.1, 0.15) is 25.7 Å². The highest BCUT2D eigenvalue weighted by atomic mass is 32.2. The lowest BCUT2D eigenvalue weighted by Gasteiger charge is -2.57. The summed E-state index contributed by atoms with van der Waals surface area (Å²) in [4.78, 5) is 52.7. The monoisotopic (exact) mass is 525 g/mol. The molecule has 4 rings (SSSR count). The van der Waals surface area contributed by atoms with Gasteiger partial charge in [0, 0.05) is 31.0 Å². The molecule has 190 valence electrons. The summed E-state index contributed by atoms with van der Waals surface area (Å²) in [7, 11) is 0. The summed E-state index contributed by atoms with van der Waals surface area (Å²) in [5, 5.41) is 29.8. The summed E-state index contributed by atoms with van der Waals surface area (Å²) >= 11 is 2.39. The van der Waals surface area contributed by atoms with Crippen LogP contribution in [0.2, 0.25) is 0 Å². The summed E-state index contributed by atoms with van der Waals surface area (Å²) in [5.74, 6) is -2.34. The predicted molar refractivity (Wildman–Crippen MR) is 125 cm³/mol. The Bertz CT molecular complexity index is 1040. The molecule has 1 aliphatic carbocycles. The standard InChI is InChI=1S/C20H27N7O6S2/c21-7-6-13(28)27(12-4-2-1-3-5-12)15-16(31)25-9-20(18(32)33,10-34-17(15)25)11-35-19-22-23-24-26(19)8-14(29)30/h2,4,12,15,17H,1,3,5-11,21H2,(H,29,30)(H,32,33)/t12?,15?,17-,20?/m1/s1. The van der Waals surface area contributed by atoms with Crippen LogP contribution in [0.4, 0.5) is 0 Å². The van der Waals surface area contributed by atoms with Gasteiger partial charge >= 0.3 is 11.9 Å². The van der Waals surface area contributed by atoms with Crippen molar-refractivity contribution in [1.82, 2.24) is 30.0 Å². The van der Waals surface area contributed by atoms with Crippen molar-refractivity contribution in [3.8, 4) is 0 Å². The van der Waals surface area contributed by atoms with E-state index in [1.54, 1.807) is 4.90 Å². The fourth-order valence-corrected chi connectivity index (χ4v) is 7.35. The number of nitrogens with zero attached hydrogens (tertiary/aromatic N) is 6. The number of hydrogen-bond donors (Lipinski definition) is 3. The van der Waals surface area contributed by atoms with Gasteiger partial charge in [-0.1, -0.05) is 23.9 Å². The molecule has 0 aromatic carbocycles. The molecule has 4 atom stereocenters. The fourth-order valence-electron chi connectivity index (χ4n) is 4.56. The highest BCUT2D eigenvalue weighted by Crippen LogP contribution is 2.46. The van der Waals surface area contributed by atoms with Crippen molar-refractivity contribution >= 4 is 47.3 Å². The Kier molecular flexibility index (Phi) is 7.66. The lowest BCUT2D eigenvalue weighted by Crippen LogP contribution is -2.75. The third-order valence-electron chi connectivity index (χ3n) is 6.36. The maximum absolute atomic E-state index is 13.3. The maximum atomic E-state index is 13.3. The molecule has 3 aliphatic rings. The van der Waals surface area contributed by atoms with Gasteiger partial charge in [-0.05, 0) is 29.7 Å². The molecule has 0 radical (unpaired) electrons. The highest BCUT2D eigenvalue weighted by molar-refractivity contribution is 8.00. The van der Waals surface area contributed by atoms with Crippen LogP contribution in [0.5, 0.6) is 0 Å². The average Bonchev–Trinajstić information content (AvgIpc) is 3.27. The number of rotatable bonds is 10. The quantitative estimate of drug-likeness (QED) is 0.202. The first-order chi connectivity index (χ1) is 16.8. The molecule has 0 saturated carbocycles. The van der Waals surface area contributed by atoms with E-state index in [2.05, 4.69) is 15.5 Å². The van der Waals surface area contributed by atoms with Gasteiger partial charge in [0.1, 0.15) is 23.4 Å². The number of allylic oxidation sites excluding steroid dienone is 1. The van der Waals surface area contributed by atoms with Crippen LogP contribution in [-0.4, -0.2) is 106 Å². The summed E-state index contributed by atoms with van der Waals surface area (Å²) in [5.41, 5.74) is 4.35. The minimum atomic E-state index is -1.27. The lowest BCUT2D eigenvalue weighted by molar-refractivity contribution is -0.167. The topological polar surface area (TPSA) is 185 Å². The van der Waals surface area contributed by atoms with Crippen LogP contribution in [-0.2, 0) is 25.7 Å². The number of nitrogens with two attached hydrogens (primary N) is 1. The Morgan fingerprint density at radius 3 is 2.80 bits per heavy atom. The Hall–Kier alpha value is -2.65. The number of carbonyl (C=O) groups excluding carboxylic acids is 2. The highest BCUT2D eigenvalue weighted by Gasteiger charge is 2.60. The van der Waals surface area contributed by atoms with Crippen molar-refractivity contribution in [2.24, 2.45) is 11.1 Å². The van der Waals surface area contributed by atoms with E-state index >= 15 is 0 Å². The molecule has 0 bridgehead atoms. The molecule has 2 aliphatic heterocycles. The number of tetrazole rings is 1. The molecule has 35 heavy (non-hydrogen) atoms. The average molecular weight is 526 g/mol. The first-order valence-electron chi connectivity index (χ1n) is 11.2. The molecule has 1 aromatic heterocycles. The second kappa shape index (κ2) is 10.5. The zero-order valence-electron chi connectivity index (χ0n) is 18.9. The summed E-state index contributed by atoms with van der Waals surface area (Å²) in [6.07, 6.45) is 6.78. The molecule has 2 fully saturated rings. The first kappa shape index (κ1) is 25.4. The van der Waals surface area contributed by atoms with Crippen molar-refractivity contribution in [2.75, 3.05) is 24.6 Å². The van der Waals surface area contributed by atoms with Crippen molar-refractivity contribution < 1.29 is 29.4 Å². The van der Waals surface area contributed by atoms with Crippen LogP contribution in [0.25, 0.3) is 0 Å². The number of β-lactam (4-membered cyclic amide) rings is 1. The van der Waals surface area contributed by atoms with Gasteiger partial charge in [0.05, 0.1) is 6.04 Å². The number of thioether (sulfide) groups is 2. The third-order valence-corrected chi connectivity index (χ3v) is 9.18. The Labute approximate surface area is 209 Å². The Morgan fingerprint density at radius 2 is 2.14 bits per heavy atom. The van der Waals surface area contributed by atoms with Crippen molar-refractivity contribution in [2.45, 2.75) is 54.8 Å². The van der Waals surface area contributed by atoms with Crippen molar-refractivity contribution in [3.05, 3.63) is 12.2 Å². The van der Waals surface area contributed by atoms with Gasteiger partial charge in [-0.3, -0.25) is 19.2 Å². The smallest absolute Gasteiger partial charge is 0.325 e. The minimum Gasteiger partial charge on any atom is -0.481 e. The first-order valence-corrected chi connectivity index (χ1v) is 13.2. The molecular weight excluding hydrogens is 498 g/mol. The molecular formula is C20H27N7O6S2. The van der Waals surface area contributed by atoms with Gasteiger partial charge in [0.25, 0.3) is 0 Å². The van der Waals surface area contributed by atoms with Crippen LogP contribution in [0.3, 0.4) is 0 Å². The van der Waals surface area contributed by atoms with E-state index in [0.29, 0.717) is 0 Å². The predicted octanol–water partition coefficient (Wildman–Crippen LogP) is -0.509. The van der Waals surface area contributed by atoms with E-state index in [0.717, 1.165) is 35.7 Å². The van der Waals surface area contributed by atoms with E-state index in [-0.39, 0.29) is 59.4 Å². The fraction of sp³-hybridized carbons (Fsp3) is 0.650. The maximum Gasteiger partial charge on any atom is 0.325 e. The van der Waals surface area contributed by atoms with Gasteiger partial charge < -0.3 is 25.7 Å². The number of carboxylic acids is 2. The molecule has 1 aromatic rings. The molecule has 3 heterocycles. The number of aliphatic carboxylic acids is 2. The van der Waals surface area contributed by atoms with E-state index < -0.39 is 29.9 Å². The van der Waals surface area contributed by atoms with E-state index in [4.69, 9.17) is 10.8 Å². The number of hydrogen-bond acceptors (Lipinski definition) is 10. The largest absolute Gasteiger partial charge is 0.481 e. The van der Waals surface area contributed by atoms with Gasteiger partial charge in [0.15, 0.2) is 0 Å². The molecule has 3 unspecified atom stereocenters. The Balaban J connectivity index is 1.49. The lowest BCUT2D eigenvalue weighted by atomic mass is 9.88. The summed E-state index contributed by atoms with van der Waals surface area (Å²) in [6, 6.07) is -0.816. The zero-order chi connectivity index (χ0) is 25.2. The van der Waals surface area contributed by atoms with Gasteiger partial charge in [-0.15, -0.1) is 16.9 Å².